The minimum absolute atomic E-state index is 0.209. The summed E-state index contributed by atoms with van der Waals surface area (Å²) in [5.41, 5.74) is 0.235. The molecule has 9 nitrogen and oxygen atoms in total. The second kappa shape index (κ2) is 25.6. The first kappa shape index (κ1) is 40.5. The highest BCUT2D eigenvalue weighted by Gasteiger charge is 2.34. The molecule has 0 saturated carbocycles. The van der Waals surface area contributed by atoms with Gasteiger partial charge in [-0.3, -0.25) is 14.6 Å². The number of esters is 2. The number of nitrogens with zero attached hydrogens (tertiary/aromatic N) is 1. The van der Waals surface area contributed by atoms with Crippen LogP contribution in [0, 0.1) is 5.92 Å². The number of allylic oxidation sites excluding steroid dienone is 12. The Balaban J connectivity index is 2.41. The lowest BCUT2D eigenvalue weighted by molar-refractivity contribution is -0.159. The number of methoxy groups -OCH3 is 1. The van der Waals surface area contributed by atoms with Gasteiger partial charge in [0.05, 0.1) is 12.7 Å². The van der Waals surface area contributed by atoms with E-state index < -0.39 is 36.0 Å². The van der Waals surface area contributed by atoms with Gasteiger partial charge in [0.2, 0.25) is 5.91 Å². The van der Waals surface area contributed by atoms with Crippen molar-refractivity contribution in [1.29, 1.82) is 0 Å². The molecule has 1 rings (SSSR count). The van der Waals surface area contributed by atoms with Crippen molar-refractivity contribution in [1.82, 2.24) is 15.6 Å². The number of carbonyl (C=O) groups is 4. The van der Waals surface area contributed by atoms with Gasteiger partial charge in [0, 0.05) is 18.8 Å². The maximum atomic E-state index is 13.0. The lowest BCUT2D eigenvalue weighted by Crippen LogP contribution is -2.52. The van der Waals surface area contributed by atoms with Gasteiger partial charge in [-0.2, -0.15) is 0 Å². The van der Waals surface area contributed by atoms with Crippen LogP contribution in [0.2, 0.25) is 0 Å². The van der Waals surface area contributed by atoms with Crippen molar-refractivity contribution in [3.8, 4) is 0 Å². The fourth-order valence-corrected chi connectivity index (χ4v) is 4.14. The first-order valence-electron chi connectivity index (χ1n) is 16.4. The van der Waals surface area contributed by atoms with Crippen LogP contribution in [0.15, 0.2) is 97.4 Å². The Hall–Kier alpha value is -4.53. The lowest BCUT2D eigenvalue weighted by Gasteiger charge is -2.27. The number of pyridine rings is 1. The third-order valence-corrected chi connectivity index (χ3v) is 6.81. The van der Waals surface area contributed by atoms with E-state index in [4.69, 9.17) is 9.47 Å². The highest BCUT2D eigenvalue weighted by Crippen LogP contribution is 2.11. The van der Waals surface area contributed by atoms with Gasteiger partial charge >= 0.3 is 11.9 Å². The van der Waals surface area contributed by atoms with E-state index in [0.717, 1.165) is 38.5 Å². The third kappa shape index (κ3) is 18.9. The lowest BCUT2D eigenvalue weighted by atomic mass is 10.0. The molecular formula is C38H53N3O6. The van der Waals surface area contributed by atoms with Crippen LogP contribution in [-0.2, 0) is 23.9 Å². The molecule has 0 aliphatic rings. The fourth-order valence-electron chi connectivity index (χ4n) is 4.14. The van der Waals surface area contributed by atoms with E-state index in [1.165, 1.54) is 32.5 Å². The smallest absolute Gasteiger partial charge is 0.332 e. The van der Waals surface area contributed by atoms with Gasteiger partial charge in [0.15, 0.2) is 6.04 Å². The summed E-state index contributed by atoms with van der Waals surface area (Å²) in [6.07, 6.45) is 33.7. The molecule has 0 aromatic carbocycles. The van der Waals surface area contributed by atoms with Crippen LogP contribution in [0.1, 0.15) is 89.4 Å². The first-order valence-corrected chi connectivity index (χ1v) is 16.4. The van der Waals surface area contributed by atoms with Crippen LogP contribution >= 0.6 is 0 Å². The molecular weight excluding hydrogens is 594 g/mol. The summed E-state index contributed by atoms with van der Waals surface area (Å²) < 4.78 is 10.3. The van der Waals surface area contributed by atoms with Crippen LogP contribution in [0.5, 0.6) is 0 Å². The Morgan fingerprint density at radius 2 is 1.28 bits per heavy atom. The monoisotopic (exact) mass is 647 g/mol. The van der Waals surface area contributed by atoms with Gasteiger partial charge in [-0.05, 0) is 69.9 Å². The largest absolute Gasteiger partial charge is 0.467 e. The molecule has 1 heterocycles. The average molecular weight is 648 g/mol. The van der Waals surface area contributed by atoms with Crippen molar-refractivity contribution in [2.45, 2.75) is 97.2 Å². The minimum Gasteiger partial charge on any atom is -0.467 e. The van der Waals surface area contributed by atoms with E-state index in [1.807, 2.05) is 12.2 Å². The van der Waals surface area contributed by atoms with Crippen molar-refractivity contribution < 1.29 is 28.7 Å². The molecule has 47 heavy (non-hydrogen) atoms. The molecule has 9 heteroatoms. The van der Waals surface area contributed by atoms with E-state index in [1.54, 1.807) is 19.9 Å². The number of rotatable bonds is 22. The van der Waals surface area contributed by atoms with E-state index in [9.17, 15) is 19.2 Å². The number of hydrogen-bond donors (Lipinski definition) is 2. The topological polar surface area (TPSA) is 124 Å². The quantitative estimate of drug-likeness (QED) is 0.104. The normalized spacial score (nSPS) is 14.1. The van der Waals surface area contributed by atoms with Crippen molar-refractivity contribution in [2.24, 2.45) is 5.92 Å². The Kier molecular flexibility index (Phi) is 22.1. The standard InChI is InChI=1S/C38H53N3O6/c1-6-7-8-9-10-11-12-13-14-15-16-17-18-19-20-21-22-23-24-27-33(42)40-34(30(2)3)38(45)47-31(4)35(37(44)46-5)41-36(43)32-26-25-28-39-29-32/h7-8,10-11,13-14,16-17,19-20,22-23,25-26,28-31,34-35H,6,9,12,15,18,21,24,27H2,1-5H3,(H,40,42)(H,41,43). The first-order chi connectivity index (χ1) is 22.7. The molecule has 3 unspecified atom stereocenters. The zero-order valence-corrected chi connectivity index (χ0v) is 28.6. The van der Waals surface area contributed by atoms with Gasteiger partial charge < -0.3 is 20.1 Å². The fraction of sp³-hybridized carbons (Fsp3) is 0.447. The molecule has 0 fully saturated rings. The zero-order valence-electron chi connectivity index (χ0n) is 28.6. The Labute approximate surface area is 281 Å². The molecule has 0 spiro atoms. The molecule has 2 amide bonds. The number of aromatic nitrogens is 1. The molecule has 0 radical (unpaired) electrons. The highest BCUT2D eigenvalue weighted by atomic mass is 16.6. The molecule has 0 aliphatic carbocycles. The summed E-state index contributed by atoms with van der Waals surface area (Å²) >= 11 is 0. The molecule has 0 saturated heterocycles. The van der Waals surface area contributed by atoms with E-state index in [-0.39, 0.29) is 23.8 Å². The van der Waals surface area contributed by atoms with Crippen molar-refractivity contribution >= 4 is 23.8 Å². The van der Waals surface area contributed by atoms with E-state index >= 15 is 0 Å². The summed E-state index contributed by atoms with van der Waals surface area (Å²) in [5, 5.41) is 5.27. The van der Waals surface area contributed by atoms with Crippen LogP contribution < -0.4 is 10.6 Å². The summed E-state index contributed by atoms with van der Waals surface area (Å²) in [4.78, 5) is 54.5. The average Bonchev–Trinajstić information content (AvgIpc) is 3.06. The van der Waals surface area contributed by atoms with Crippen LogP contribution in [-0.4, -0.2) is 54.0 Å². The number of amides is 2. The SMILES string of the molecule is CCC=CCC=CCC=CCC=CCC=CCC=CCCC(=O)NC(C(=O)OC(C)C(NC(=O)c1cccnc1)C(=O)OC)C(C)C. The van der Waals surface area contributed by atoms with E-state index in [2.05, 4.69) is 83.3 Å². The molecule has 256 valence electrons. The second-order valence-electron chi connectivity index (χ2n) is 11.1. The maximum absolute atomic E-state index is 13.0. The molecule has 0 bridgehead atoms. The predicted octanol–water partition coefficient (Wildman–Crippen LogP) is 6.90. The van der Waals surface area contributed by atoms with Gasteiger partial charge in [-0.15, -0.1) is 0 Å². The van der Waals surface area contributed by atoms with E-state index in [0.29, 0.717) is 6.42 Å². The summed E-state index contributed by atoms with van der Waals surface area (Å²) in [6.45, 7) is 7.18. The van der Waals surface area contributed by atoms with Gasteiger partial charge in [-0.1, -0.05) is 93.7 Å². The Bertz CT molecular complexity index is 1250. The van der Waals surface area contributed by atoms with Gasteiger partial charge in [-0.25, -0.2) is 9.59 Å². The Morgan fingerprint density at radius 3 is 1.74 bits per heavy atom. The molecule has 1 aromatic rings. The Morgan fingerprint density at radius 1 is 0.745 bits per heavy atom. The van der Waals surface area contributed by atoms with Crippen molar-refractivity contribution in [3.63, 3.8) is 0 Å². The number of hydrogen-bond acceptors (Lipinski definition) is 7. The maximum Gasteiger partial charge on any atom is 0.332 e. The third-order valence-electron chi connectivity index (χ3n) is 6.81. The number of carbonyl (C=O) groups excluding carboxylic acids is 4. The summed E-state index contributed by atoms with van der Waals surface area (Å²) in [6, 6.07) is 0.942. The molecule has 3 atom stereocenters. The highest BCUT2D eigenvalue weighted by molar-refractivity contribution is 5.96. The summed E-state index contributed by atoms with van der Waals surface area (Å²) in [5.74, 6) is -2.61. The summed E-state index contributed by atoms with van der Waals surface area (Å²) in [7, 11) is 1.18. The second-order valence-corrected chi connectivity index (χ2v) is 11.1. The number of ether oxygens (including phenoxy) is 2. The van der Waals surface area contributed by atoms with Gasteiger partial charge in [0.1, 0.15) is 12.1 Å². The van der Waals surface area contributed by atoms with Crippen LogP contribution in [0.25, 0.3) is 0 Å². The van der Waals surface area contributed by atoms with Crippen LogP contribution in [0.4, 0.5) is 0 Å². The zero-order chi connectivity index (χ0) is 34.7. The molecule has 1 aromatic heterocycles. The molecule has 0 aliphatic heterocycles. The van der Waals surface area contributed by atoms with Gasteiger partial charge in [0.25, 0.3) is 5.91 Å². The van der Waals surface area contributed by atoms with Crippen molar-refractivity contribution in [3.05, 3.63) is 103 Å². The molecule has 2 N–H and O–H groups in total. The van der Waals surface area contributed by atoms with Crippen molar-refractivity contribution in [2.75, 3.05) is 7.11 Å². The minimum atomic E-state index is -1.26. The van der Waals surface area contributed by atoms with Crippen LogP contribution in [0.3, 0.4) is 0 Å². The number of nitrogens with one attached hydrogen (secondary N) is 2. The predicted molar refractivity (Wildman–Crippen MR) is 187 cm³/mol.